The van der Waals surface area contributed by atoms with Gasteiger partial charge in [-0.2, -0.15) is 0 Å². The number of hydrogen-bond donors (Lipinski definition) is 0. The highest BCUT2D eigenvalue weighted by molar-refractivity contribution is 6.18. The highest BCUT2D eigenvalue weighted by Crippen LogP contribution is 2.38. The van der Waals surface area contributed by atoms with Crippen molar-refractivity contribution in [2.24, 2.45) is 0 Å². The van der Waals surface area contributed by atoms with Crippen LogP contribution in [-0.4, -0.2) is 65.5 Å². The second-order valence-electron chi connectivity index (χ2n) is 9.57. The minimum atomic E-state index is -0.789. The molecule has 0 spiro atoms. The molecule has 2 heterocycles. The third-order valence-electron chi connectivity index (χ3n) is 5.77. The zero-order chi connectivity index (χ0) is 25.2. The number of anilines is 3. The highest BCUT2D eigenvalue weighted by atomic mass is 16.6. The quantitative estimate of drug-likeness (QED) is 0.602. The fraction of sp³-hybridized carbons (Fsp3) is 0.385. The van der Waals surface area contributed by atoms with E-state index in [0.717, 1.165) is 17.7 Å². The molecule has 0 unspecified atom stereocenters. The van der Waals surface area contributed by atoms with Gasteiger partial charge in [-0.3, -0.25) is 19.4 Å². The van der Waals surface area contributed by atoms with Crippen LogP contribution in [0.2, 0.25) is 0 Å². The number of carbonyl (C=O) groups is 4. The molecule has 4 rings (SSSR count). The van der Waals surface area contributed by atoms with Gasteiger partial charge in [0.2, 0.25) is 5.91 Å². The standard InChI is InChI=1S/C26H30N4O5/c1-26(2,3)35-23(32)18-29-24(33)28(17-22(31)27-15-9-10-16-27)20-13-7-8-14-21(20)30(25(29)34)19-11-5-4-6-12-19/h4-8,11-14H,9-10,15-18H2,1-3H3. The van der Waals surface area contributed by atoms with E-state index in [2.05, 4.69) is 0 Å². The number of benzene rings is 2. The number of urea groups is 2. The lowest BCUT2D eigenvalue weighted by atomic mass is 10.2. The maximum absolute atomic E-state index is 13.8. The van der Waals surface area contributed by atoms with Crippen molar-refractivity contribution in [2.75, 3.05) is 36.0 Å². The number of amides is 5. The molecule has 0 aliphatic carbocycles. The van der Waals surface area contributed by atoms with E-state index in [-0.39, 0.29) is 12.5 Å². The maximum atomic E-state index is 13.8. The fourth-order valence-corrected chi connectivity index (χ4v) is 4.26. The summed E-state index contributed by atoms with van der Waals surface area (Å²) in [7, 11) is 0. The average Bonchev–Trinajstić information content (AvgIpc) is 3.33. The molecule has 5 amide bonds. The molecule has 0 atom stereocenters. The largest absolute Gasteiger partial charge is 0.459 e. The van der Waals surface area contributed by atoms with Crippen LogP contribution < -0.4 is 9.80 Å². The van der Waals surface area contributed by atoms with Gasteiger partial charge in [-0.25, -0.2) is 14.5 Å². The van der Waals surface area contributed by atoms with E-state index in [1.807, 2.05) is 6.07 Å². The molecule has 2 aromatic carbocycles. The normalized spacial score (nSPS) is 16.3. The molecule has 0 radical (unpaired) electrons. The summed E-state index contributed by atoms with van der Waals surface area (Å²) in [5.74, 6) is -0.924. The molecule has 1 saturated heterocycles. The SMILES string of the molecule is CC(C)(C)OC(=O)CN1C(=O)N(CC(=O)N2CCCC2)c2ccccc2N(c2ccccc2)C1=O. The van der Waals surface area contributed by atoms with E-state index in [0.29, 0.717) is 30.2 Å². The Hall–Kier alpha value is -3.88. The lowest BCUT2D eigenvalue weighted by Gasteiger charge is -2.28. The van der Waals surface area contributed by atoms with E-state index in [9.17, 15) is 19.2 Å². The summed E-state index contributed by atoms with van der Waals surface area (Å²) in [5, 5.41) is 0. The lowest BCUT2D eigenvalue weighted by molar-refractivity contribution is -0.154. The average molecular weight is 479 g/mol. The van der Waals surface area contributed by atoms with Crippen LogP contribution in [0, 0.1) is 0 Å². The van der Waals surface area contributed by atoms with Crippen LogP contribution in [0.1, 0.15) is 33.6 Å². The molecule has 0 saturated carbocycles. The van der Waals surface area contributed by atoms with Gasteiger partial charge < -0.3 is 9.64 Å². The molecular formula is C26H30N4O5. The van der Waals surface area contributed by atoms with Gasteiger partial charge in [-0.15, -0.1) is 0 Å². The van der Waals surface area contributed by atoms with Gasteiger partial charge in [0.25, 0.3) is 0 Å². The first-order valence-electron chi connectivity index (χ1n) is 11.7. The van der Waals surface area contributed by atoms with Crippen LogP contribution in [0.3, 0.4) is 0 Å². The summed E-state index contributed by atoms with van der Waals surface area (Å²) in [6, 6.07) is 14.4. The van der Waals surface area contributed by atoms with Crippen molar-refractivity contribution in [3.05, 3.63) is 54.6 Å². The minimum absolute atomic E-state index is 0.205. The maximum Gasteiger partial charge on any atom is 0.337 e. The van der Waals surface area contributed by atoms with Crippen LogP contribution in [0.25, 0.3) is 0 Å². The van der Waals surface area contributed by atoms with Crippen molar-refractivity contribution in [3.8, 4) is 0 Å². The van der Waals surface area contributed by atoms with Gasteiger partial charge in [-0.1, -0.05) is 30.3 Å². The Morgan fingerprint density at radius 1 is 0.800 bits per heavy atom. The molecule has 9 nitrogen and oxygen atoms in total. The summed E-state index contributed by atoms with van der Waals surface area (Å²) in [5.41, 5.74) is 0.592. The van der Waals surface area contributed by atoms with Crippen LogP contribution >= 0.6 is 0 Å². The summed E-state index contributed by atoms with van der Waals surface area (Å²) in [4.78, 5) is 58.6. The van der Waals surface area contributed by atoms with E-state index >= 15 is 0 Å². The van der Waals surface area contributed by atoms with Crippen LogP contribution in [0.5, 0.6) is 0 Å². The Morgan fingerprint density at radius 3 is 2.03 bits per heavy atom. The summed E-state index contributed by atoms with van der Waals surface area (Å²) >= 11 is 0. The van der Waals surface area contributed by atoms with Gasteiger partial charge in [-0.05, 0) is 57.9 Å². The van der Waals surface area contributed by atoms with Crippen molar-refractivity contribution in [3.63, 3.8) is 0 Å². The summed E-state index contributed by atoms with van der Waals surface area (Å²) in [6.07, 6.45) is 1.84. The van der Waals surface area contributed by atoms with Crippen LogP contribution in [-0.2, 0) is 14.3 Å². The number of rotatable bonds is 5. The second kappa shape index (κ2) is 9.77. The zero-order valence-electron chi connectivity index (χ0n) is 20.3. The molecule has 2 aliphatic rings. The first kappa shape index (κ1) is 24.3. The van der Waals surface area contributed by atoms with Crippen molar-refractivity contribution in [1.82, 2.24) is 9.80 Å². The van der Waals surface area contributed by atoms with Crippen molar-refractivity contribution >= 4 is 41.0 Å². The first-order valence-corrected chi connectivity index (χ1v) is 11.7. The van der Waals surface area contributed by atoms with E-state index in [1.165, 1.54) is 9.80 Å². The number of esters is 1. The molecule has 35 heavy (non-hydrogen) atoms. The Morgan fingerprint density at radius 2 is 1.40 bits per heavy atom. The van der Waals surface area contributed by atoms with Crippen molar-refractivity contribution in [2.45, 2.75) is 39.2 Å². The first-order chi connectivity index (χ1) is 16.7. The predicted octanol–water partition coefficient (Wildman–Crippen LogP) is 4.15. The predicted molar refractivity (Wildman–Crippen MR) is 132 cm³/mol. The van der Waals surface area contributed by atoms with Crippen LogP contribution in [0.15, 0.2) is 54.6 Å². The lowest BCUT2D eigenvalue weighted by Crippen LogP contribution is -2.52. The van der Waals surface area contributed by atoms with Gasteiger partial charge in [0.15, 0.2) is 0 Å². The monoisotopic (exact) mass is 478 g/mol. The number of ether oxygens (including phenoxy) is 1. The minimum Gasteiger partial charge on any atom is -0.459 e. The molecular weight excluding hydrogens is 448 g/mol. The smallest absolute Gasteiger partial charge is 0.337 e. The van der Waals surface area contributed by atoms with E-state index in [1.54, 1.807) is 74.2 Å². The number of nitrogens with zero attached hydrogens (tertiary/aromatic N) is 4. The molecule has 0 bridgehead atoms. The molecule has 2 aromatic rings. The molecule has 2 aliphatic heterocycles. The fourth-order valence-electron chi connectivity index (χ4n) is 4.26. The van der Waals surface area contributed by atoms with E-state index in [4.69, 9.17) is 4.74 Å². The zero-order valence-corrected chi connectivity index (χ0v) is 20.3. The van der Waals surface area contributed by atoms with Gasteiger partial charge >= 0.3 is 18.0 Å². The number of hydrogen-bond acceptors (Lipinski definition) is 5. The third-order valence-corrected chi connectivity index (χ3v) is 5.77. The number of imide groups is 1. The second-order valence-corrected chi connectivity index (χ2v) is 9.57. The molecule has 0 aromatic heterocycles. The van der Waals surface area contributed by atoms with Crippen molar-refractivity contribution < 1.29 is 23.9 Å². The Labute approximate surface area is 204 Å². The highest BCUT2D eigenvalue weighted by Gasteiger charge is 2.41. The molecule has 0 N–H and O–H groups in total. The third kappa shape index (κ3) is 5.29. The van der Waals surface area contributed by atoms with Gasteiger partial charge in [0, 0.05) is 13.1 Å². The van der Waals surface area contributed by atoms with Crippen molar-refractivity contribution in [1.29, 1.82) is 0 Å². The van der Waals surface area contributed by atoms with Gasteiger partial charge in [0.1, 0.15) is 18.7 Å². The number of likely N-dealkylation sites (tertiary alicyclic amines) is 1. The topological polar surface area (TPSA) is 90.5 Å². The molecule has 184 valence electrons. The van der Waals surface area contributed by atoms with Crippen LogP contribution in [0.4, 0.5) is 26.7 Å². The number of carbonyl (C=O) groups excluding carboxylic acids is 4. The number of fused-ring (bicyclic) bond motifs is 1. The molecule has 1 fully saturated rings. The van der Waals surface area contributed by atoms with E-state index < -0.39 is 30.2 Å². The summed E-state index contributed by atoms with van der Waals surface area (Å²) in [6.45, 7) is 5.59. The summed E-state index contributed by atoms with van der Waals surface area (Å²) < 4.78 is 5.40. The Kier molecular flexibility index (Phi) is 6.77. The molecule has 9 heteroatoms. The van der Waals surface area contributed by atoms with Gasteiger partial charge in [0.05, 0.1) is 17.1 Å². The Balaban J connectivity index is 1.78. The Bertz CT molecular complexity index is 1120. The number of para-hydroxylation sites is 3.